The molecule has 5 heteroatoms. The fourth-order valence-electron chi connectivity index (χ4n) is 1.73. The first-order chi connectivity index (χ1) is 9.29. The summed E-state index contributed by atoms with van der Waals surface area (Å²) in [6.07, 6.45) is 1.02. The number of hydrogen-bond donors (Lipinski definition) is 3. The summed E-state index contributed by atoms with van der Waals surface area (Å²) in [5.41, 5.74) is 4.99. The molecule has 2 rings (SSSR count). The molecule has 1 aliphatic rings. The van der Waals surface area contributed by atoms with Crippen LogP contribution < -0.4 is 20.5 Å². The van der Waals surface area contributed by atoms with E-state index < -0.39 is 0 Å². The Morgan fingerprint density at radius 3 is 2.84 bits per heavy atom. The molecule has 0 unspecified atom stereocenters. The van der Waals surface area contributed by atoms with E-state index in [-0.39, 0.29) is 0 Å². The Kier molecular flexibility index (Phi) is 4.78. The summed E-state index contributed by atoms with van der Waals surface area (Å²) in [4.78, 5) is 3.16. The van der Waals surface area contributed by atoms with Gasteiger partial charge in [-0.1, -0.05) is 6.92 Å². The van der Waals surface area contributed by atoms with Crippen molar-refractivity contribution in [2.45, 2.75) is 20.3 Å². The largest absolute Gasteiger partial charge is 0.494 e. The van der Waals surface area contributed by atoms with Crippen molar-refractivity contribution in [1.82, 2.24) is 10.7 Å². The summed E-state index contributed by atoms with van der Waals surface area (Å²) < 4.78 is 5.55. The summed E-state index contributed by atoms with van der Waals surface area (Å²) in [7, 11) is 0. The molecule has 0 bridgehead atoms. The van der Waals surface area contributed by atoms with E-state index in [0.29, 0.717) is 0 Å². The van der Waals surface area contributed by atoms with Crippen molar-refractivity contribution in [2.24, 2.45) is 5.10 Å². The first-order valence-electron chi connectivity index (χ1n) is 6.68. The van der Waals surface area contributed by atoms with Crippen LogP contribution in [0.25, 0.3) is 0 Å². The van der Waals surface area contributed by atoms with E-state index in [1.807, 2.05) is 31.2 Å². The van der Waals surface area contributed by atoms with Gasteiger partial charge in [-0.3, -0.25) is 10.3 Å². The van der Waals surface area contributed by atoms with Gasteiger partial charge in [0.25, 0.3) is 0 Å². The van der Waals surface area contributed by atoms with Crippen molar-refractivity contribution in [3.8, 4) is 5.75 Å². The smallest absolute Gasteiger partial charge is 0.367 e. The predicted molar refractivity (Wildman–Crippen MR) is 76.4 cm³/mol. The Morgan fingerprint density at radius 1 is 1.42 bits per heavy atom. The van der Waals surface area contributed by atoms with Crippen LogP contribution in [0.4, 0.5) is 0 Å². The minimum atomic E-state index is 0.754. The third-order valence-electron chi connectivity index (χ3n) is 2.81. The van der Waals surface area contributed by atoms with E-state index in [4.69, 9.17) is 4.74 Å². The third-order valence-corrected chi connectivity index (χ3v) is 2.81. The molecule has 0 saturated carbocycles. The zero-order valence-electron chi connectivity index (χ0n) is 11.5. The summed E-state index contributed by atoms with van der Waals surface area (Å²) in [5, 5.41) is 7.50. The zero-order chi connectivity index (χ0) is 13.5. The average molecular weight is 261 g/mol. The maximum absolute atomic E-state index is 5.55. The van der Waals surface area contributed by atoms with Crippen LogP contribution in [0.2, 0.25) is 0 Å². The summed E-state index contributed by atoms with van der Waals surface area (Å²) in [6.45, 7) is 6.69. The van der Waals surface area contributed by atoms with Gasteiger partial charge in [-0.25, -0.2) is 0 Å². The third kappa shape index (κ3) is 3.98. The van der Waals surface area contributed by atoms with Gasteiger partial charge >= 0.3 is 5.96 Å². The normalized spacial score (nSPS) is 14.8. The van der Waals surface area contributed by atoms with E-state index in [1.54, 1.807) is 0 Å². The molecule has 0 fully saturated rings. The highest BCUT2D eigenvalue weighted by molar-refractivity contribution is 5.99. The fraction of sp³-hybridized carbons (Fsp3) is 0.429. The molecule has 1 aromatic carbocycles. The molecule has 0 atom stereocenters. The van der Waals surface area contributed by atoms with Gasteiger partial charge in [0.05, 0.1) is 25.4 Å². The van der Waals surface area contributed by atoms with Gasteiger partial charge in [0.2, 0.25) is 0 Å². The fourth-order valence-corrected chi connectivity index (χ4v) is 1.73. The Balaban J connectivity index is 1.94. The van der Waals surface area contributed by atoms with Crippen LogP contribution >= 0.6 is 0 Å². The van der Waals surface area contributed by atoms with Crippen LogP contribution in [0.3, 0.4) is 0 Å². The highest BCUT2D eigenvalue weighted by Gasteiger charge is 2.10. The lowest BCUT2D eigenvalue weighted by molar-refractivity contribution is -0.446. The molecule has 19 heavy (non-hydrogen) atoms. The van der Waals surface area contributed by atoms with E-state index >= 15 is 0 Å². The predicted octanol–water partition coefficient (Wildman–Crippen LogP) is -0.171. The monoisotopic (exact) mass is 261 g/mol. The molecule has 0 aromatic heterocycles. The van der Waals surface area contributed by atoms with Gasteiger partial charge in [-0.15, -0.1) is 5.10 Å². The van der Waals surface area contributed by atoms with Crippen molar-refractivity contribution in [3.63, 3.8) is 0 Å². The van der Waals surface area contributed by atoms with Crippen molar-refractivity contribution < 1.29 is 9.73 Å². The molecule has 0 amide bonds. The Bertz CT molecular complexity index is 465. The number of nitrogens with one attached hydrogen (secondary N) is 3. The zero-order valence-corrected chi connectivity index (χ0v) is 11.5. The first kappa shape index (κ1) is 13.4. The number of guanidine groups is 1. The SMILES string of the molecule is CCCOc1ccc(/C(C)=N\NC2=[NH+]CCN2)cc1. The first-order valence-corrected chi connectivity index (χ1v) is 6.68. The van der Waals surface area contributed by atoms with Crippen molar-refractivity contribution >= 4 is 11.7 Å². The summed E-state index contributed by atoms with van der Waals surface area (Å²) in [6, 6.07) is 7.99. The molecule has 1 aliphatic heterocycles. The van der Waals surface area contributed by atoms with E-state index in [9.17, 15) is 0 Å². The van der Waals surface area contributed by atoms with Crippen LogP contribution in [-0.4, -0.2) is 31.4 Å². The molecular weight excluding hydrogens is 240 g/mol. The molecule has 1 heterocycles. The molecular formula is C14H21N4O+. The standard InChI is InChI=1S/C14H20N4O/c1-3-10-19-13-6-4-12(5-7-13)11(2)17-18-14-15-8-9-16-14/h4-7H,3,8-10H2,1-2H3,(H2,15,16,18)/p+1/b17-11-. The van der Waals surface area contributed by atoms with Crippen molar-refractivity contribution in [3.05, 3.63) is 29.8 Å². The van der Waals surface area contributed by atoms with Gasteiger partial charge in [0, 0.05) is 0 Å². The minimum Gasteiger partial charge on any atom is -0.494 e. The second-order valence-corrected chi connectivity index (χ2v) is 4.41. The molecule has 3 N–H and O–H groups in total. The number of ether oxygens (including phenoxy) is 1. The Morgan fingerprint density at radius 2 is 2.21 bits per heavy atom. The van der Waals surface area contributed by atoms with Crippen LogP contribution in [0.5, 0.6) is 5.75 Å². The highest BCUT2D eigenvalue weighted by Crippen LogP contribution is 2.12. The molecule has 0 aliphatic carbocycles. The van der Waals surface area contributed by atoms with Crippen molar-refractivity contribution in [2.75, 3.05) is 19.7 Å². The van der Waals surface area contributed by atoms with E-state index in [2.05, 4.69) is 27.8 Å². The van der Waals surface area contributed by atoms with Crippen LogP contribution in [0.15, 0.2) is 29.4 Å². The number of benzene rings is 1. The maximum Gasteiger partial charge on any atom is 0.367 e. The molecule has 102 valence electrons. The van der Waals surface area contributed by atoms with Crippen molar-refractivity contribution in [1.29, 1.82) is 0 Å². The second-order valence-electron chi connectivity index (χ2n) is 4.41. The molecule has 0 saturated heterocycles. The Hall–Kier alpha value is -2.04. The molecule has 0 radical (unpaired) electrons. The second kappa shape index (κ2) is 6.78. The molecule has 5 nitrogen and oxygen atoms in total. The topological polar surface area (TPSA) is 59.6 Å². The van der Waals surface area contributed by atoms with Crippen LogP contribution in [0, 0.1) is 0 Å². The van der Waals surface area contributed by atoms with E-state index in [1.165, 1.54) is 0 Å². The molecule has 0 spiro atoms. The lowest BCUT2D eigenvalue weighted by atomic mass is 10.1. The Labute approximate surface area is 113 Å². The summed E-state index contributed by atoms with van der Waals surface area (Å²) >= 11 is 0. The lowest BCUT2D eigenvalue weighted by Gasteiger charge is -2.05. The summed E-state index contributed by atoms with van der Waals surface area (Å²) in [5.74, 6) is 1.77. The maximum atomic E-state index is 5.55. The molecule has 1 aromatic rings. The number of rotatable bonds is 5. The highest BCUT2D eigenvalue weighted by atomic mass is 16.5. The van der Waals surface area contributed by atoms with Crippen LogP contribution in [-0.2, 0) is 0 Å². The quantitative estimate of drug-likeness (QED) is 0.509. The van der Waals surface area contributed by atoms with Gasteiger partial charge < -0.3 is 4.74 Å². The number of hydrogen-bond acceptors (Lipinski definition) is 4. The number of hydrazone groups is 1. The average Bonchev–Trinajstić information content (AvgIpc) is 2.96. The van der Waals surface area contributed by atoms with Gasteiger partial charge in [0.15, 0.2) is 0 Å². The minimum absolute atomic E-state index is 0.754. The number of nitrogens with zero attached hydrogens (tertiary/aromatic N) is 1. The van der Waals surface area contributed by atoms with Gasteiger partial charge in [0.1, 0.15) is 5.75 Å². The van der Waals surface area contributed by atoms with E-state index in [0.717, 1.165) is 49.1 Å². The van der Waals surface area contributed by atoms with Gasteiger partial charge in [-0.05, 0) is 43.2 Å². The van der Waals surface area contributed by atoms with Gasteiger partial charge in [-0.2, -0.15) is 5.43 Å². The van der Waals surface area contributed by atoms with Crippen LogP contribution in [0.1, 0.15) is 25.8 Å². The lowest BCUT2D eigenvalue weighted by Crippen LogP contribution is -2.73.